The van der Waals surface area contributed by atoms with E-state index in [9.17, 15) is 4.79 Å². The Balaban J connectivity index is 3.38. The van der Waals surface area contributed by atoms with Crippen LogP contribution in [-0.2, 0) is 5.33 Å². The molecule has 0 aliphatic heterocycles. The van der Waals surface area contributed by atoms with Crippen LogP contribution in [0.25, 0.3) is 0 Å². The lowest BCUT2D eigenvalue weighted by Gasteiger charge is -2.08. The quantitative estimate of drug-likeness (QED) is 0.851. The summed E-state index contributed by atoms with van der Waals surface area (Å²) in [4.78, 5) is 10.8. The number of aromatic carboxylic acids is 1. The van der Waals surface area contributed by atoms with Gasteiger partial charge in [0.2, 0.25) is 0 Å². The van der Waals surface area contributed by atoms with E-state index in [-0.39, 0.29) is 0 Å². The lowest BCUT2D eigenvalue weighted by molar-refractivity contribution is 0.0696. The van der Waals surface area contributed by atoms with E-state index in [0.717, 1.165) is 15.6 Å². The Morgan fingerprint density at radius 1 is 1.54 bits per heavy atom. The van der Waals surface area contributed by atoms with E-state index >= 15 is 0 Å². The van der Waals surface area contributed by atoms with E-state index in [2.05, 4.69) is 31.9 Å². The Labute approximate surface area is 93.2 Å². The van der Waals surface area contributed by atoms with Gasteiger partial charge >= 0.3 is 5.97 Å². The van der Waals surface area contributed by atoms with Crippen LogP contribution in [0.5, 0.6) is 0 Å². The number of alkyl halides is 1. The maximum Gasteiger partial charge on any atom is 0.336 e. The van der Waals surface area contributed by atoms with Gasteiger partial charge in [-0.1, -0.05) is 31.9 Å². The van der Waals surface area contributed by atoms with Gasteiger partial charge < -0.3 is 5.11 Å². The Hall–Kier alpha value is -0.350. The first-order valence-electron chi connectivity index (χ1n) is 3.65. The van der Waals surface area contributed by atoms with Crippen molar-refractivity contribution in [2.45, 2.75) is 12.3 Å². The van der Waals surface area contributed by atoms with E-state index in [0.29, 0.717) is 10.9 Å². The monoisotopic (exact) mass is 306 g/mol. The van der Waals surface area contributed by atoms with Crippen LogP contribution in [-0.4, -0.2) is 11.1 Å². The van der Waals surface area contributed by atoms with Crippen molar-refractivity contribution in [2.24, 2.45) is 0 Å². The zero-order valence-electron chi connectivity index (χ0n) is 6.97. The van der Waals surface area contributed by atoms with Gasteiger partial charge in [0, 0.05) is 9.80 Å². The van der Waals surface area contributed by atoms with Gasteiger partial charge in [0.05, 0.1) is 5.56 Å². The zero-order valence-corrected chi connectivity index (χ0v) is 10.1. The molecule has 0 saturated heterocycles. The van der Waals surface area contributed by atoms with E-state index < -0.39 is 5.97 Å². The second kappa shape index (κ2) is 4.24. The lowest BCUT2D eigenvalue weighted by Crippen LogP contribution is -2.03. The molecule has 0 bridgehead atoms. The van der Waals surface area contributed by atoms with Gasteiger partial charge in [-0.3, -0.25) is 0 Å². The van der Waals surface area contributed by atoms with Crippen LogP contribution in [0, 0.1) is 6.92 Å². The molecule has 0 heterocycles. The molecule has 13 heavy (non-hydrogen) atoms. The minimum atomic E-state index is -0.884. The summed E-state index contributed by atoms with van der Waals surface area (Å²) in [5.41, 5.74) is 2.15. The van der Waals surface area contributed by atoms with Gasteiger partial charge in [0.1, 0.15) is 0 Å². The molecule has 0 atom stereocenters. The molecule has 1 aromatic carbocycles. The summed E-state index contributed by atoms with van der Waals surface area (Å²) in [6.07, 6.45) is 0. The van der Waals surface area contributed by atoms with E-state index in [1.54, 1.807) is 12.1 Å². The molecule has 1 rings (SSSR count). The summed E-state index contributed by atoms with van der Waals surface area (Å²) in [6.45, 7) is 1.90. The number of hydrogen-bond acceptors (Lipinski definition) is 1. The Morgan fingerprint density at radius 2 is 2.15 bits per heavy atom. The third-order valence-electron chi connectivity index (χ3n) is 1.90. The van der Waals surface area contributed by atoms with Gasteiger partial charge in [-0.05, 0) is 30.2 Å². The Bertz CT molecular complexity index is 348. The van der Waals surface area contributed by atoms with Crippen LogP contribution in [0.2, 0.25) is 0 Å². The predicted octanol–water partition coefficient (Wildman–Crippen LogP) is 3.35. The second-order valence-corrected chi connectivity index (χ2v) is 4.05. The van der Waals surface area contributed by atoms with Crippen molar-refractivity contribution in [3.05, 3.63) is 33.3 Å². The summed E-state index contributed by atoms with van der Waals surface area (Å²) in [6, 6.07) is 3.36. The highest BCUT2D eigenvalue weighted by molar-refractivity contribution is 9.10. The fraction of sp³-hybridized carbons (Fsp3) is 0.222. The highest BCUT2D eigenvalue weighted by atomic mass is 79.9. The number of hydrogen-bond donors (Lipinski definition) is 1. The van der Waals surface area contributed by atoms with Gasteiger partial charge in [0.15, 0.2) is 0 Å². The maximum absolute atomic E-state index is 10.8. The van der Waals surface area contributed by atoms with Crippen LogP contribution in [0.15, 0.2) is 16.6 Å². The number of carboxylic acids is 1. The second-order valence-electron chi connectivity index (χ2n) is 2.64. The molecule has 0 unspecified atom stereocenters. The molecule has 1 aromatic rings. The number of benzene rings is 1. The highest BCUT2D eigenvalue weighted by Gasteiger charge is 2.12. The topological polar surface area (TPSA) is 37.3 Å². The average Bonchev–Trinajstić information content (AvgIpc) is 2.09. The largest absolute Gasteiger partial charge is 0.478 e. The lowest BCUT2D eigenvalue weighted by atomic mass is 10.0. The van der Waals surface area contributed by atoms with Gasteiger partial charge in [-0.2, -0.15) is 0 Å². The summed E-state index contributed by atoms with van der Waals surface area (Å²) in [5, 5.41) is 9.43. The van der Waals surface area contributed by atoms with E-state index in [4.69, 9.17) is 5.11 Å². The molecular formula is C9H8Br2O2. The van der Waals surface area contributed by atoms with Crippen molar-refractivity contribution in [2.75, 3.05) is 0 Å². The fourth-order valence-electron chi connectivity index (χ4n) is 1.10. The van der Waals surface area contributed by atoms with Crippen LogP contribution in [0.1, 0.15) is 21.5 Å². The number of rotatable bonds is 2. The molecule has 70 valence electrons. The van der Waals surface area contributed by atoms with Gasteiger partial charge in [0.25, 0.3) is 0 Å². The Kier molecular flexibility index (Phi) is 3.50. The van der Waals surface area contributed by atoms with E-state index in [1.165, 1.54) is 0 Å². The van der Waals surface area contributed by atoms with Crippen molar-refractivity contribution >= 4 is 37.8 Å². The fourth-order valence-corrected chi connectivity index (χ4v) is 2.19. The van der Waals surface area contributed by atoms with Gasteiger partial charge in [-0.25, -0.2) is 4.79 Å². The van der Waals surface area contributed by atoms with Crippen LogP contribution < -0.4 is 0 Å². The normalized spacial score (nSPS) is 10.1. The molecule has 1 N–H and O–H groups in total. The molecule has 0 spiro atoms. The zero-order chi connectivity index (χ0) is 10.0. The van der Waals surface area contributed by atoms with Crippen LogP contribution >= 0.6 is 31.9 Å². The minimum Gasteiger partial charge on any atom is -0.478 e. The minimum absolute atomic E-state index is 0.359. The molecule has 0 amide bonds. The van der Waals surface area contributed by atoms with Crippen molar-refractivity contribution in [1.29, 1.82) is 0 Å². The highest BCUT2D eigenvalue weighted by Crippen LogP contribution is 2.25. The summed E-state index contributed by atoms with van der Waals surface area (Å²) < 4.78 is 0.937. The third-order valence-corrected chi connectivity index (χ3v) is 3.32. The summed E-state index contributed by atoms with van der Waals surface area (Å²) in [7, 11) is 0. The molecule has 0 fully saturated rings. The summed E-state index contributed by atoms with van der Waals surface area (Å²) in [5.74, 6) is -0.884. The van der Waals surface area contributed by atoms with Crippen molar-refractivity contribution in [3.8, 4) is 0 Å². The molecular weight excluding hydrogens is 300 g/mol. The van der Waals surface area contributed by atoms with Crippen molar-refractivity contribution in [1.82, 2.24) is 0 Å². The van der Waals surface area contributed by atoms with Gasteiger partial charge in [-0.15, -0.1) is 0 Å². The first kappa shape index (κ1) is 10.7. The third kappa shape index (κ3) is 2.11. The van der Waals surface area contributed by atoms with Crippen LogP contribution in [0.4, 0.5) is 0 Å². The summed E-state index contributed by atoms with van der Waals surface area (Å²) >= 11 is 6.63. The molecule has 4 heteroatoms. The smallest absolute Gasteiger partial charge is 0.336 e. The number of carbonyl (C=O) groups is 1. The Morgan fingerprint density at radius 3 is 2.62 bits per heavy atom. The number of halogens is 2. The number of carboxylic acid groups (broad SMARTS) is 1. The predicted molar refractivity (Wildman–Crippen MR) is 58.5 cm³/mol. The standard InChI is InChI=1S/C9H8Br2O2/c1-5-7(4-10)6(9(12)13)2-3-8(5)11/h2-3H,4H2,1H3,(H,12,13). The molecule has 0 radical (unpaired) electrons. The first-order valence-corrected chi connectivity index (χ1v) is 5.56. The average molecular weight is 308 g/mol. The van der Waals surface area contributed by atoms with E-state index in [1.807, 2.05) is 6.92 Å². The van der Waals surface area contributed by atoms with Crippen LogP contribution in [0.3, 0.4) is 0 Å². The molecule has 2 nitrogen and oxygen atoms in total. The van der Waals surface area contributed by atoms with Crippen molar-refractivity contribution in [3.63, 3.8) is 0 Å². The maximum atomic E-state index is 10.8. The molecule has 0 saturated carbocycles. The molecule has 0 aliphatic rings. The van der Waals surface area contributed by atoms with Crippen molar-refractivity contribution < 1.29 is 9.90 Å². The first-order chi connectivity index (χ1) is 6.07. The molecule has 0 aliphatic carbocycles. The molecule has 0 aromatic heterocycles. The SMILES string of the molecule is Cc1c(Br)ccc(C(=O)O)c1CBr.